The highest BCUT2D eigenvalue weighted by atomic mass is 32.2. The van der Waals surface area contributed by atoms with Crippen LogP contribution in [0.1, 0.15) is 5.56 Å². The standard InChI is InChI=1S/C9H14N2O2S/c1-14(12,13)7-11-6-8-4-2-3-5-9(8)10/h2-5,11H,6-7,10H2,1H3. The molecule has 0 saturated carbocycles. The summed E-state index contributed by atoms with van der Waals surface area (Å²) in [5.74, 6) is -0.0265. The number of rotatable bonds is 4. The van der Waals surface area contributed by atoms with Crippen LogP contribution in [0.5, 0.6) is 0 Å². The van der Waals surface area contributed by atoms with E-state index in [-0.39, 0.29) is 5.88 Å². The molecule has 0 amide bonds. The van der Waals surface area contributed by atoms with Crippen molar-refractivity contribution in [3.63, 3.8) is 0 Å². The summed E-state index contributed by atoms with van der Waals surface area (Å²) in [6.07, 6.45) is 1.19. The molecule has 0 bridgehead atoms. The Morgan fingerprint density at radius 2 is 2.00 bits per heavy atom. The number of nitrogen functional groups attached to an aromatic ring is 1. The van der Waals surface area contributed by atoms with Crippen LogP contribution in [0.4, 0.5) is 5.69 Å². The summed E-state index contributed by atoms with van der Waals surface area (Å²) >= 11 is 0. The molecule has 78 valence electrons. The van der Waals surface area contributed by atoms with Gasteiger partial charge in [-0.25, -0.2) is 8.42 Å². The summed E-state index contributed by atoms with van der Waals surface area (Å²) in [4.78, 5) is 0. The fraction of sp³-hybridized carbons (Fsp3) is 0.333. The Bertz CT molecular complexity index is 401. The van der Waals surface area contributed by atoms with Crippen LogP contribution in [0.3, 0.4) is 0 Å². The number of hydrogen-bond acceptors (Lipinski definition) is 4. The molecule has 0 atom stereocenters. The normalized spacial score (nSPS) is 11.5. The monoisotopic (exact) mass is 214 g/mol. The minimum atomic E-state index is -2.96. The second kappa shape index (κ2) is 4.43. The smallest absolute Gasteiger partial charge is 0.160 e. The molecule has 0 saturated heterocycles. The van der Waals surface area contributed by atoms with Gasteiger partial charge in [-0.2, -0.15) is 0 Å². The molecule has 0 fully saturated rings. The lowest BCUT2D eigenvalue weighted by Gasteiger charge is -2.05. The zero-order valence-corrected chi connectivity index (χ0v) is 8.84. The molecular formula is C9H14N2O2S. The highest BCUT2D eigenvalue weighted by molar-refractivity contribution is 7.90. The lowest BCUT2D eigenvalue weighted by atomic mass is 10.2. The van der Waals surface area contributed by atoms with Crippen LogP contribution < -0.4 is 11.1 Å². The van der Waals surface area contributed by atoms with Gasteiger partial charge in [0.15, 0.2) is 9.84 Å². The van der Waals surface area contributed by atoms with E-state index < -0.39 is 9.84 Å². The van der Waals surface area contributed by atoms with Gasteiger partial charge in [-0.15, -0.1) is 0 Å². The van der Waals surface area contributed by atoms with Crippen LogP contribution in [-0.4, -0.2) is 20.6 Å². The molecule has 0 aromatic heterocycles. The summed E-state index contributed by atoms with van der Waals surface area (Å²) < 4.78 is 21.6. The van der Waals surface area contributed by atoms with E-state index >= 15 is 0 Å². The Hall–Kier alpha value is -1.07. The number of anilines is 1. The minimum Gasteiger partial charge on any atom is -0.398 e. The molecule has 0 radical (unpaired) electrons. The number of sulfone groups is 1. The molecular weight excluding hydrogens is 200 g/mol. The summed E-state index contributed by atoms with van der Waals surface area (Å²) in [5.41, 5.74) is 7.27. The van der Waals surface area contributed by atoms with E-state index in [0.29, 0.717) is 12.2 Å². The predicted molar refractivity (Wildman–Crippen MR) is 57.4 cm³/mol. The van der Waals surface area contributed by atoms with E-state index in [1.165, 1.54) is 6.26 Å². The van der Waals surface area contributed by atoms with Crippen LogP contribution in [0.25, 0.3) is 0 Å². The van der Waals surface area contributed by atoms with Gasteiger partial charge in [-0.3, -0.25) is 5.32 Å². The average Bonchev–Trinajstić information content (AvgIpc) is 2.06. The number of para-hydroxylation sites is 1. The Morgan fingerprint density at radius 3 is 2.57 bits per heavy atom. The highest BCUT2D eigenvalue weighted by Gasteiger charge is 2.01. The van der Waals surface area contributed by atoms with Crippen LogP contribution in [-0.2, 0) is 16.4 Å². The fourth-order valence-corrected chi connectivity index (χ4v) is 1.54. The fourth-order valence-electron chi connectivity index (χ4n) is 1.07. The van der Waals surface area contributed by atoms with Gasteiger partial charge in [0.25, 0.3) is 0 Å². The molecule has 14 heavy (non-hydrogen) atoms. The molecule has 0 aliphatic rings. The Kier molecular flexibility index (Phi) is 3.49. The average molecular weight is 214 g/mol. The molecule has 1 aromatic rings. The number of nitrogens with two attached hydrogens (primary N) is 1. The molecule has 5 heteroatoms. The van der Waals surface area contributed by atoms with Crippen molar-refractivity contribution in [2.75, 3.05) is 17.9 Å². The first-order valence-corrected chi connectivity index (χ1v) is 6.27. The maximum atomic E-state index is 10.8. The van der Waals surface area contributed by atoms with Gasteiger partial charge in [0.05, 0.1) is 5.88 Å². The van der Waals surface area contributed by atoms with E-state index in [4.69, 9.17) is 5.73 Å². The second-order valence-corrected chi connectivity index (χ2v) is 5.34. The molecule has 0 heterocycles. The summed E-state index contributed by atoms with van der Waals surface area (Å²) in [5, 5.41) is 2.81. The number of hydrogen-bond donors (Lipinski definition) is 2. The molecule has 0 spiro atoms. The molecule has 0 unspecified atom stereocenters. The Balaban J connectivity index is 2.51. The quantitative estimate of drug-likeness (QED) is 0.710. The highest BCUT2D eigenvalue weighted by Crippen LogP contribution is 2.09. The van der Waals surface area contributed by atoms with Gasteiger partial charge in [0.2, 0.25) is 0 Å². The Labute approximate surface area is 84.0 Å². The van der Waals surface area contributed by atoms with Crippen molar-refractivity contribution >= 4 is 15.5 Å². The van der Waals surface area contributed by atoms with Gasteiger partial charge in [-0.05, 0) is 11.6 Å². The summed E-state index contributed by atoms with van der Waals surface area (Å²) in [7, 11) is -2.96. The first kappa shape index (κ1) is 11.0. The van der Waals surface area contributed by atoms with Crippen molar-refractivity contribution in [3.05, 3.63) is 29.8 Å². The predicted octanol–water partition coefficient (Wildman–Crippen LogP) is 0.360. The molecule has 3 N–H and O–H groups in total. The topological polar surface area (TPSA) is 72.2 Å². The molecule has 0 aliphatic carbocycles. The third kappa shape index (κ3) is 3.76. The van der Waals surface area contributed by atoms with E-state index in [1.54, 1.807) is 6.07 Å². The largest absolute Gasteiger partial charge is 0.398 e. The first-order chi connectivity index (χ1) is 6.49. The van der Waals surface area contributed by atoms with Gasteiger partial charge in [-0.1, -0.05) is 18.2 Å². The van der Waals surface area contributed by atoms with E-state index in [0.717, 1.165) is 5.56 Å². The Morgan fingerprint density at radius 1 is 1.36 bits per heavy atom. The van der Waals surface area contributed by atoms with Crippen molar-refractivity contribution in [2.45, 2.75) is 6.54 Å². The lowest BCUT2D eigenvalue weighted by Crippen LogP contribution is -2.22. The summed E-state index contributed by atoms with van der Waals surface area (Å²) in [6, 6.07) is 7.37. The lowest BCUT2D eigenvalue weighted by molar-refractivity contribution is 0.592. The van der Waals surface area contributed by atoms with Crippen molar-refractivity contribution < 1.29 is 8.42 Å². The second-order valence-electron chi connectivity index (χ2n) is 3.20. The van der Waals surface area contributed by atoms with Gasteiger partial charge < -0.3 is 5.73 Å². The first-order valence-electron chi connectivity index (χ1n) is 4.21. The minimum absolute atomic E-state index is 0.0265. The third-order valence-electron chi connectivity index (χ3n) is 1.73. The van der Waals surface area contributed by atoms with Crippen LogP contribution in [0, 0.1) is 0 Å². The van der Waals surface area contributed by atoms with Gasteiger partial charge >= 0.3 is 0 Å². The molecule has 1 rings (SSSR count). The zero-order chi connectivity index (χ0) is 10.6. The van der Waals surface area contributed by atoms with Crippen molar-refractivity contribution in [2.24, 2.45) is 0 Å². The summed E-state index contributed by atoms with van der Waals surface area (Å²) in [6.45, 7) is 0.472. The van der Waals surface area contributed by atoms with Crippen molar-refractivity contribution in [1.29, 1.82) is 0 Å². The van der Waals surface area contributed by atoms with E-state index in [1.807, 2.05) is 18.2 Å². The van der Waals surface area contributed by atoms with Gasteiger partial charge in [0.1, 0.15) is 0 Å². The zero-order valence-electron chi connectivity index (χ0n) is 8.03. The van der Waals surface area contributed by atoms with Crippen molar-refractivity contribution in [1.82, 2.24) is 5.32 Å². The maximum absolute atomic E-state index is 10.8. The molecule has 4 nitrogen and oxygen atoms in total. The van der Waals surface area contributed by atoms with E-state index in [9.17, 15) is 8.42 Å². The van der Waals surface area contributed by atoms with Crippen LogP contribution in [0.15, 0.2) is 24.3 Å². The molecule has 0 aliphatic heterocycles. The third-order valence-corrected chi connectivity index (χ3v) is 2.46. The van der Waals surface area contributed by atoms with Crippen LogP contribution in [0.2, 0.25) is 0 Å². The van der Waals surface area contributed by atoms with E-state index in [2.05, 4.69) is 5.32 Å². The SMILES string of the molecule is CS(=O)(=O)CNCc1ccccc1N. The number of nitrogens with one attached hydrogen (secondary N) is 1. The maximum Gasteiger partial charge on any atom is 0.160 e. The van der Waals surface area contributed by atoms with Crippen molar-refractivity contribution in [3.8, 4) is 0 Å². The number of benzene rings is 1. The van der Waals surface area contributed by atoms with Crippen LogP contribution >= 0.6 is 0 Å². The van der Waals surface area contributed by atoms with Gasteiger partial charge in [0, 0.05) is 18.5 Å². The molecule has 1 aromatic carbocycles.